The fourth-order valence-corrected chi connectivity index (χ4v) is 8.10. The number of aromatic nitrogens is 1. The molecule has 0 aliphatic carbocycles. The third-order valence-electron chi connectivity index (χ3n) is 5.75. The molecule has 9 nitrogen and oxygen atoms in total. The zero-order valence-electron chi connectivity index (χ0n) is 18.5. The minimum Gasteiger partial charge on any atom is -0.495 e. The number of hydrogen-bond acceptors (Lipinski definition) is 7. The van der Waals surface area contributed by atoms with Gasteiger partial charge < -0.3 is 9.30 Å². The Kier molecular flexibility index (Phi) is 6.40. The van der Waals surface area contributed by atoms with Crippen LogP contribution in [0, 0.1) is 6.92 Å². The summed E-state index contributed by atoms with van der Waals surface area (Å²) in [6.07, 6.45) is 0.355. The van der Waals surface area contributed by atoms with Crippen molar-refractivity contribution in [3.8, 4) is 5.75 Å². The third kappa shape index (κ3) is 4.33. The molecule has 0 saturated carbocycles. The summed E-state index contributed by atoms with van der Waals surface area (Å²) in [5.74, 6) is 0.254. The van der Waals surface area contributed by atoms with E-state index in [1.54, 1.807) is 38.2 Å². The normalized spacial score (nSPS) is 16.7. The maximum absolute atomic E-state index is 13.3. The molecule has 4 rings (SSSR count). The molecular weight excluding hydrogens is 486 g/mol. The fraction of sp³-hybridized carbons (Fsp3) is 0.381. The van der Waals surface area contributed by atoms with E-state index >= 15 is 0 Å². The maximum atomic E-state index is 13.3. The van der Waals surface area contributed by atoms with E-state index in [-0.39, 0.29) is 46.6 Å². The quantitative estimate of drug-likeness (QED) is 0.519. The first-order valence-electron chi connectivity index (χ1n) is 10.3. The van der Waals surface area contributed by atoms with E-state index < -0.39 is 20.0 Å². The van der Waals surface area contributed by atoms with Crippen molar-refractivity contribution >= 4 is 41.6 Å². The molecule has 1 aromatic heterocycles. The van der Waals surface area contributed by atoms with Crippen molar-refractivity contribution < 1.29 is 21.6 Å². The van der Waals surface area contributed by atoms with Gasteiger partial charge in [0.15, 0.2) is 0 Å². The molecule has 0 atom stereocenters. The second kappa shape index (κ2) is 8.84. The van der Waals surface area contributed by atoms with Crippen LogP contribution in [0.4, 0.5) is 0 Å². The number of sulfonamides is 2. The molecule has 0 radical (unpaired) electrons. The molecule has 0 amide bonds. The number of thiazole rings is 1. The average molecular weight is 512 g/mol. The van der Waals surface area contributed by atoms with Gasteiger partial charge in [-0.25, -0.2) is 16.8 Å². The Morgan fingerprint density at radius 3 is 2.24 bits per heavy atom. The molecule has 2 aromatic carbocycles. The molecule has 2 heterocycles. The Morgan fingerprint density at radius 1 is 0.909 bits per heavy atom. The Hall–Kier alpha value is -2.25. The minimum atomic E-state index is -3.86. The van der Waals surface area contributed by atoms with Crippen LogP contribution in [0.2, 0.25) is 0 Å². The number of methoxy groups -OCH3 is 1. The lowest BCUT2D eigenvalue weighted by Gasteiger charge is -2.22. The number of hydrogen-bond donors (Lipinski definition) is 0. The third-order valence-corrected chi connectivity index (χ3v) is 10.6. The van der Waals surface area contributed by atoms with Crippen LogP contribution in [-0.2, 0) is 27.1 Å². The summed E-state index contributed by atoms with van der Waals surface area (Å²) in [5.41, 5.74) is 1.45. The monoisotopic (exact) mass is 511 g/mol. The smallest absolute Gasteiger partial charge is 0.307 e. The van der Waals surface area contributed by atoms with Crippen LogP contribution in [0.1, 0.15) is 12.0 Å². The van der Waals surface area contributed by atoms with E-state index in [1.807, 2.05) is 0 Å². The first-order valence-corrected chi connectivity index (χ1v) is 14.0. The average Bonchev–Trinajstić information content (AvgIpc) is 2.95. The molecule has 33 heavy (non-hydrogen) atoms. The van der Waals surface area contributed by atoms with Gasteiger partial charge in [-0.05, 0) is 49.2 Å². The SMILES string of the molecule is COc1ccc(C)cc1S(=O)(=O)N1CCCN(S(=O)(=O)c2ccc3c(c2)sc(=O)n3C)CC1. The molecule has 0 N–H and O–H groups in total. The lowest BCUT2D eigenvalue weighted by molar-refractivity contribution is 0.388. The number of rotatable bonds is 5. The van der Waals surface area contributed by atoms with E-state index in [2.05, 4.69) is 0 Å². The van der Waals surface area contributed by atoms with Crippen LogP contribution in [-0.4, -0.2) is 63.3 Å². The van der Waals surface area contributed by atoms with Crippen molar-refractivity contribution in [2.45, 2.75) is 23.1 Å². The molecule has 1 aliphatic rings. The van der Waals surface area contributed by atoms with Gasteiger partial charge in [0.25, 0.3) is 0 Å². The summed E-state index contributed by atoms with van der Waals surface area (Å²) in [6, 6.07) is 9.57. The molecule has 3 aromatic rings. The minimum absolute atomic E-state index is 0.0265. The second-order valence-electron chi connectivity index (χ2n) is 7.87. The zero-order chi connectivity index (χ0) is 24.0. The molecule has 12 heteroatoms. The molecule has 0 bridgehead atoms. The molecule has 1 fully saturated rings. The van der Waals surface area contributed by atoms with Crippen LogP contribution in [0.5, 0.6) is 5.75 Å². The van der Waals surface area contributed by atoms with Gasteiger partial charge >= 0.3 is 4.87 Å². The van der Waals surface area contributed by atoms with Crippen molar-refractivity contribution in [3.63, 3.8) is 0 Å². The predicted octanol–water partition coefficient (Wildman–Crippen LogP) is 2.00. The maximum Gasteiger partial charge on any atom is 0.307 e. The van der Waals surface area contributed by atoms with Crippen LogP contribution >= 0.6 is 11.3 Å². The summed E-state index contributed by atoms with van der Waals surface area (Å²) in [6.45, 7) is 2.25. The van der Waals surface area contributed by atoms with Crippen LogP contribution in [0.3, 0.4) is 0 Å². The summed E-state index contributed by atoms with van der Waals surface area (Å²) < 4.78 is 63.2. The van der Waals surface area contributed by atoms with Crippen molar-refractivity contribution in [1.29, 1.82) is 0 Å². The van der Waals surface area contributed by atoms with Gasteiger partial charge in [0.05, 0.1) is 22.2 Å². The summed E-state index contributed by atoms with van der Waals surface area (Å²) in [4.78, 5) is 11.9. The zero-order valence-corrected chi connectivity index (χ0v) is 21.0. The van der Waals surface area contributed by atoms with Gasteiger partial charge in [-0.15, -0.1) is 0 Å². The highest BCUT2D eigenvalue weighted by Crippen LogP contribution is 2.29. The second-order valence-corrected chi connectivity index (χ2v) is 12.7. The van der Waals surface area contributed by atoms with Gasteiger partial charge in [0, 0.05) is 33.2 Å². The van der Waals surface area contributed by atoms with Crippen LogP contribution in [0.25, 0.3) is 10.2 Å². The molecule has 178 valence electrons. The number of nitrogens with zero attached hydrogens (tertiary/aromatic N) is 3. The van der Waals surface area contributed by atoms with Crippen molar-refractivity contribution in [2.75, 3.05) is 33.3 Å². The molecular formula is C21H25N3O6S3. The van der Waals surface area contributed by atoms with E-state index in [0.717, 1.165) is 16.9 Å². The van der Waals surface area contributed by atoms with Crippen molar-refractivity contribution in [2.24, 2.45) is 7.05 Å². The van der Waals surface area contributed by atoms with Crippen molar-refractivity contribution in [3.05, 3.63) is 51.6 Å². The first-order chi connectivity index (χ1) is 15.6. The first kappa shape index (κ1) is 23.9. The highest BCUT2D eigenvalue weighted by molar-refractivity contribution is 7.89. The van der Waals surface area contributed by atoms with E-state index in [9.17, 15) is 21.6 Å². The van der Waals surface area contributed by atoms with E-state index in [4.69, 9.17) is 4.74 Å². The molecule has 0 unspecified atom stereocenters. The Balaban J connectivity index is 1.60. The van der Waals surface area contributed by atoms with Crippen LogP contribution in [0.15, 0.2) is 51.0 Å². The molecule has 1 aliphatic heterocycles. The number of benzene rings is 2. The highest BCUT2D eigenvalue weighted by Gasteiger charge is 2.33. The molecule has 1 saturated heterocycles. The predicted molar refractivity (Wildman–Crippen MR) is 127 cm³/mol. The van der Waals surface area contributed by atoms with Gasteiger partial charge in [0.2, 0.25) is 20.0 Å². The Labute approximate surface area is 196 Å². The van der Waals surface area contributed by atoms with Crippen molar-refractivity contribution in [1.82, 2.24) is 13.2 Å². The van der Waals surface area contributed by atoms with E-state index in [1.165, 1.54) is 32.4 Å². The lowest BCUT2D eigenvalue weighted by atomic mass is 10.2. The highest BCUT2D eigenvalue weighted by atomic mass is 32.2. The van der Waals surface area contributed by atoms with E-state index in [0.29, 0.717) is 16.6 Å². The Morgan fingerprint density at radius 2 is 1.58 bits per heavy atom. The lowest BCUT2D eigenvalue weighted by Crippen LogP contribution is -2.37. The Bertz CT molecular complexity index is 1470. The largest absolute Gasteiger partial charge is 0.495 e. The number of fused-ring (bicyclic) bond motifs is 1. The standard InChI is InChI=1S/C21H25N3O6S3/c1-15-5-8-18(30-3)20(13-15)33(28,29)24-10-4-9-23(11-12-24)32(26,27)16-6-7-17-19(14-16)31-21(25)22(17)2/h5-8,13-14H,4,9-12H2,1-3H3. The topological polar surface area (TPSA) is 106 Å². The summed E-state index contributed by atoms with van der Waals surface area (Å²) >= 11 is 0.991. The van der Waals surface area contributed by atoms with Gasteiger partial charge in [-0.1, -0.05) is 17.4 Å². The van der Waals surface area contributed by atoms with Gasteiger partial charge in [-0.3, -0.25) is 4.79 Å². The summed E-state index contributed by atoms with van der Waals surface area (Å²) in [5, 5.41) is 0. The van der Waals surface area contributed by atoms with Gasteiger partial charge in [-0.2, -0.15) is 8.61 Å². The fourth-order valence-electron chi connectivity index (χ4n) is 3.90. The number of ether oxygens (including phenoxy) is 1. The summed E-state index contributed by atoms with van der Waals surface area (Å²) in [7, 11) is -4.66. The molecule has 0 spiro atoms. The van der Waals surface area contributed by atoms with Gasteiger partial charge in [0.1, 0.15) is 10.6 Å². The van der Waals surface area contributed by atoms with Crippen LogP contribution < -0.4 is 9.61 Å². The number of aryl methyl sites for hydroxylation is 2.